The summed E-state index contributed by atoms with van der Waals surface area (Å²) in [6, 6.07) is 6.26. The topological polar surface area (TPSA) is 32.7 Å². The molecular formula is C13H17F2NO2. The maximum atomic E-state index is 13.5. The number of alkyl halides is 2. The first kappa shape index (κ1) is 13.2. The van der Waals surface area contributed by atoms with Gasteiger partial charge in [-0.3, -0.25) is 0 Å². The van der Waals surface area contributed by atoms with E-state index in [1.165, 1.54) is 12.1 Å². The number of nitrogens with zero attached hydrogens (tertiary/aromatic N) is 1. The van der Waals surface area contributed by atoms with Gasteiger partial charge >= 0.3 is 0 Å². The minimum absolute atomic E-state index is 0.0476. The maximum Gasteiger partial charge on any atom is 0.275 e. The Morgan fingerprint density at radius 3 is 2.33 bits per heavy atom. The summed E-state index contributed by atoms with van der Waals surface area (Å²) in [5.74, 6) is -2.96. The molecule has 5 heteroatoms. The molecule has 1 aliphatic rings. The van der Waals surface area contributed by atoms with E-state index >= 15 is 0 Å². The molecule has 1 fully saturated rings. The zero-order valence-electron chi connectivity index (χ0n) is 10.1. The maximum absolute atomic E-state index is 13.5. The van der Waals surface area contributed by atoms with Crippen LogP contribution in [0.5, 0.6) is 0 Å². The third-order valence-electron chi connectivity index (χ3n) is 3.09. The molecule has 0 radical (unpaired) electrons. The lowest BCUT2D eigenvalue weighted by Gasteiger charge is -2.29. The van der Waals surface area contributed by atoms with Crippen LogP contribution in [0, 0.1) is 0 Å². The second-order valence-corrected chi connectivity index (χ2v) is 4.32. The molecule has 1 aromatic carbocycles. The fourth-order valence-electron chi connectivity index (χ4n) is 2.02. The van der Waals surface area contributed by atoms with E-state index in [0.717, 1.165) is 18.8 Å². The molecule has 0 spiro atoms. The lowest BCUT2D eigenvalue weighted by molar-refractivity contribution is -0.0269. The molecule has 0 saturated carbocycles. The van der Waals surface area contributed by atoms with E-state index in [2.05, 4.69) is 4.90 Å². The van der Waals surface area contributed by atoms with Crippen LogP contribution in [0.2, 0.25) is 0 Å². The number of hydrogen-bond donors (Lipinski definition) is 1. The van der Waals surface area contributed by atoms with Gasteiger partial charge < -0.3 is 14.7 Å². The van der Waals surface area contributed by atoms with Crippen molar-refractivity contribution in [3.05, 3.63) is 29.8 Å². The molecule has 1 saturated heterocycles. The zero-order chi connectivity index (χ0) is 13.0. The quantitative estimate of drug-likeness (QED) is 0.895. The van der Waals surface area contributed by atoms with E-state index in [-0.39, 0.29) is 5.56 Å². The van der Waals surface area contributed by atoms with Crippen molar-refractivity contribution in [2.24, 2.45) is 0 Å². The molecule has 0 bridgehead atoms. The Hall–Kier alpha value is -1.20. The molecule has 1 heterocycles. The van der Waals surface area contributed by atoms with E-state index < -0.39 is 19.0 Å². The first-order valence-electron chi connectivity index (χ1n) is 6.05. The SMILES string of the molecule is OCCC(F)(F)c1ccc(N2CCOCC2)cc1. The van der Waals surface area contributed by atoms with Crippen LogP contribution in [-0.4, -0.2) is 38.0 Å². The van der Waals surface area contributed by atoms with Gasteiger partial charge in [-0.25, -0.2) is 8.78 Å². The van der Waals surface area contributed by atoms with Crippen molar-refractivity contribution in [2.45, 2.75) is 12.3 Å². The molecule has 18 heavy (non-hydrogen) atoms. The van der Waals surface area contributed by atoms with Crippen molar-refractivity contribution < 1.29 is 18.6 Å². The van der Waals surface area contributed by atoms with Crippen molar-refractivity contribution in [1.29, 1.82) is 0 Å². The first-order valence-corrected chi connectivity index (χ1v) is 6.05. The summed E-state index contributed by atoms with van der Waals surface area (Å²) in [7, 11) is 0. The summed E-state index contributed by atoms with van der Waals surface area (Å²) >= 11 is 0. The van der Waals surface area contributed by atoms with Gasteiger partial charge in [-0.15, -0.1) is 0 Å². The molecule has 100 valence electrons. The van der Waals surface area contributed by atoms with Crippen LogP contribution in [0.4, 0.5) is 14.5 Å². The van der Waals surface area contributed by atoms with Crippen LogP contribution in [0.3, 0.4) is 0 Å². The van der Waals surface area contributed by atoms with Crippen molar-refractivity contribution in [1.82, 2.24) is 0 Å². The summed E-state index contributed by atoms with van der Waals surface area (Å²) in [6.45, 7) is 2.39. The standard InChI is InChI=1S/C13H17F2NO2/c14-13(15,5-8-17)11-1-3-12(4-2-11)16-6-9-18-10-7-16/h1-4,17H,5-10H2. The molecule has 0 unspecified atom stereocenters. The van der Waals surface area contributed by atoms with Crippen molar-refractivity contribution in [3.8, 4) is 0 Å². The second-order valence-electron chi connectivity index (χ2n) is 4.32. The summed E-state index contributed by atoms with van der Waals surface area (Å²) in [4.78, 5) is 2.11. The average Bonchev–Trinajstić information content (AvgIpc) is 2.40. The molecule has 0 aliphatic carbocycles. The monoisotopic (exact) mass is 257 g/mol. The molecule has 3 nitrogen and oxygen atoms in total. The highest BCUT2D eigenvalue weighted by molar-refractivity contribution is 5.48. The van der Waals surface area contributed by atoms with Crippen LogP contribution < -0.4 is 4.90 Å². The van der Waals surface area contributed by atoms with Gasteiger partial charge in [0.15, 0.2) is 0 Å². The molecular weight excluding hydrogens is 240 g/mol. The lowest BCUT2D eigenvalue weighted by Crippen LogP contribution is -2.36. The van der Waals surface area contributed by atoms with Gasteiger partial charge in [0.1, 0.15) is 0 Å². The Morgan fingerprint density at radius 1 is 1.17 bits per heavy atom. The normalized spacial score (nSPS) is 16.9. The Balaban J connectivity index is 2.09. The van der Waals surface area contributed by atoms with E-state index in [0.29, 0.717) is 13.2 Å². The number of aliphatic hydroxyl groups is 1. The number of aliphatic hydroxyl groups excluding tert-OH is 1. The second kappa shape index (κ2) is 5.63. The summed E-state index contributed by atoms with van der Waals surface area (Å²) in [5.41, 5.74) is 0.885. The van der Waals surface area contributed by atoms with Gasteiger partial charge in [-0.2, -0.15) is 0 Å². The highest BCUT2D eigenvalue weighted by Crippen LogP contribution is 2.32. The first-order chi connectivity index (χ1) is 8.63. The van der Waals surface area contributed by atoms with Crippen molar-refractivity contribution >= 4 is 5.69 Å². The number of morpholine rings is 1. The molecule has 1 N–H and O–H groups in total. The summed E-state index contributed by atoms with van der Waals surface area (Å²) < 4.78 is 32.3. The lowest BCUT2D eigenvalue weighted by atomic mass is 10.1. The average molecular weight is 257 g/mol. The summed E-state index contributed by atoms with van der Waals surface area (Å²) in [6.07, 6.45) is -0.538. The molecule has 1 aliphatic heterocycles. The van der Waals surface area contributed by atoms with Crippen molar-refractivity contribution in [2.75, 3.05) is 37.8 Å². The van der Waals surface area contributed by atoms with Gasteiger partial charge in [-0.1, -0.05) is 12.1 Å². The number of benzene rings is 1. The van der Waals surface area contributed by atoms with Crippen LogP contribution in [-0.2, 0) is 10.7 Å². The van der Waals surface area contributed by atoms with Gasteiger partial charge in [0.05, 0.1) is 13.2 Å². The Morgan fingerprint density at radius 2 is 1.78 bits per heavy atom. The number of anilines is 1. The van der Waals surface area contributed by atoms with Gasteiger partial charge in [0.2, 0.25) is 0 Å². The largest absolute Gasteiger partial charge is 0.396 e. The van der Waals surface area contributed by atoms with E-state index in [1.807, 2.05) is 0 Å². The van der Waals surface area contributed by atoms with Gasteiger partial charge in [0.25, 0.3) is 5.92 Å². The Bertz CT molecular complexity index is 375. The smallest absolute Gasteiger partial charge is 0.275 e. The molecule has 1 aromatic rings. The molecule has 2 rings (SSSR count). The van der Waals surface area contributed by atoms with Crippen LogP contribution in [0.25, 0.3) is 0 Å². The zero-order valence-corrected chi connectivity index (χ0v) is 10.1. The van der Waals surface area contributed by atoms with Crippen LogP contribution >= 0.6 is 0 Å². The van der Waals surface area contributed by atoms with Crippen LogP contribution in [0.1, 0.15) is 12.0 Å². The fraction of sp³-hybridized carbons (Fsp3) is 0.538. The van der Waals surface area contributed by atoms with E-state index in [4.69, 9.17) is 9.84 Å². The molecule has 0 amide bonds. The fourth-order valence-corrected chi connectivity index (χ4v) is 2.02. The number of ether oxygens (including phenoxy) is 1. The third kappa shape index (κ3) is 2.97. The summed E-state index contributed by atoms with van der Waals surface area (Å²) in [5, 5.41) is 8.62. The van der Waals surface area contributed by atoms with E-state index in [9.17, 15) is 8.78 Å². The Kier molecular flexibility index (Phi) is 4.14. The van der Waals surface area contributed by atoms with Gasteiger partial charge in [0, 0.05) is 37.4 Å². The molecule has 0 atom stereocenters. The minimum Gasteiger partial charge on any atom is -0.396 e. The van der Waals surface area contributed by atoms with E-state index in [1.54, 1.807) is 12.1 Å². The highest BCUT2D eigenvalue weighted by Gasteiger charge is 2.30. The highest BCUT2D eigenvalue weighted by atomic mass is 19.3. The van der Waals surface area contributed by atoms with Gasteiger partial charge in [-0.05, 0) is 12.1 Å². The third-order valence-corrected chi connectivity index (χ3v) is 3.09. The minimum atomic E-state index is -2.96. The molecule has 0 aromatic heterocycles. The number of halogens is 2. The predicted octanol–water partition coefficient (Wildman–Crippen LogP) is 2.00. The van der Waals surface area contributed by atoms with Crippen LogP contribution in [0.15, 0.2) is 24.3 Å². The van der Waals surface area contributed by atoms with Crippen molar-refractivity contribution in [3.63, 3.8) is 0 Å². The number of hydrogen-bond acceptors (Lipinski definition) is 3. The predicted molar refractivity (Wildman–Crippen MR) is 65.1 cm³/mol. The number of rotatable bonds is 4. The Labute approximate surface area is 105 Å².